The zero-order chi connectivity index (χ0) is 15.3. The maximum atomic E-state index is 11.2. The van der Waals surface area contributed by atoms with Gasteiger partial charge in [0.05, 0.1) is 20.4 Å². The lowest BCUT2D eigenvalue weighted by Crippen LogP contribution is -2.29. The van der Waals surface area contributed by atoms with Gasteiger partial charge in [0, 0.05) is 0 Å². The molecule has 0 aliphatic heterocycles. The van der Waals surface area contributed by atoms with Gasteiger partial charge < -0.3 is 14.6 Å². The third kappa shape index (κ3) is 2.97. The average molecular weight is 288 g/mol. The predicted molar refractivity (Wildman–Crippen MR) is 79.5 cm³/mol. The van der Waals surface area contributed by atoms with Crippen molar-refractivity contribution in [2.45, 2.75) is 25.4 Å². The van der Waals surface area contributed by atoms with Crippen LogP contribution in [0.3, 0.4) is 0 Å². The van der Waals surface area contributed by atoms with Crippen LogP contribution in [0, 0.1) is 0 Å². The molecule has 0 radical (unpaired) electrons. The number of hydrogen-bond donors (Lipinski definition) is 1. The summed E-state index contributed by atoms with van der Waals surface area (Å²) in [6, 6.07) is 9.44. The van der Waals surface area contributed by atoms with E-state index in [1.165, 1.54) is 20.4 Å². The Hall–Kier alpha value is -2.14. The van der Waals surface area contributed by atoms with Crippen molar-refractivity contribution in [3.63, 3.8) is 0 Å². The fourth-order valence-corrected chi connectivity index (χ4v) is 2.36. The molecule has 5 heteroatoms. The SMILES string of the molecule is CCCC(O)(c1ccccc1)c1ncc(OC)nc1OC. The second-order valence-corrected chi connectivity index (χ2v) is 4.75. The van der Waals surface area contributed by atoms with Gasteiger partial charge in [-0.25, -0.2) is 4.98 Å². The predicted octanol–water partition coefficient (Wildman–Crippen LogP) is 2.53. The van der Waals surface area contributed by atoms with Crippen molar-refractivity contribution in [1.29, 1.82) is 0 Å². The summed E-state index contributed by atoms with van der Waals surface area (Å²) >= 11 is 0. The van der Waals surface area contributed by atoms with Crippen molar-refractivity contribution in [3.8, 4) is 11.8 Å². The highest BCUT2D eigenvalue weighted by Gasteiger charge is 2.36. The van der Waals surface area contributed by atoms with Crippen LogP contribution in [0.5, 0.6) is 11.8 Å². The molecule has 0 saturated carbocycles. The summed E-state index contributed by atoms with van der Waals surface area (Å²) in [7, 11) is 3.02. The van der Waals surface area contributed by atoms with Crippen LogP contribution in [-0.4, -0.2) is 29.3 Å². The van der Waals surface area contributed by atoms with Crippen LogP contribution in [0.25, 0.3) is 0 Å². The van der Waals surface area contributed by atoms with Gasteiger partial charge in [0.25, 0.3) is 0 Å². The smallest absolute Gasteiger partial charge is 0.242 e. The lowest BCUT2D eigenvalue weighted by Gasteiger charge is -2.28. The van der Waals surface area contributed by atoms with Crippen LogP contribution < -0.4 is 9.47 Å². The van der Waals surface area contributed by atoms with Gasteiger partial charge in [-0.3, -0.25) is 0 Å². The first-order valence-corrected chi connectivity index (χ1v) is 6.89. The quantitative estimate of drug-likeness (QED) is 0.885. The Morgan fingerprint density at radius 1 is 1.14 bits per heavy atom. The molecule has 0 saturated heterocycles. The molecular formula is C16H20N2O3. The Morgan fingerprint density at radius 3 is 2.43 bits per heavy atom. The molecule has 1 heterocycles. The average Bonchev–Trinajstić information content (AvgIpc) is 2.55. The van der Waals surface area contributed by atoms with E-state index < -0.39 is 5.60 Å². The summed E-state index contributed by atoms with van der Waals surface area (Å²) in [6.45, 7) is 2.01. The van der Waals surface area contributed by atoms with Crippen LogP contribution in [0.2, 0.25) is 0 Å². The van der Waals surface area contributed by atoms with Gasteiger partial charge in [-0.05, 0) is 12.0 Å². The minimum atomic E-state index is -1.24. The normalized spacial score (nSPS) is 13.5. The number of nitrogens with zero attached hydrogens (tertiary/aromatic N) is 2. The molecule has 2 rings (SSSR count). The van der Waals surface area contributed by atoms with Gasteiger partial charge in [0.1, 0.15) is 11.3 Å². The molecule has 1 aromatic heterocycles. The van der Waals surface area contributed by atoms with Crippen LogP contribution in [0.1, 0.15) is 31.0 Å². The van der Waals surface area contributed by atoms with E-state index in [1.54, 1.807) is 0 Å². The van der Waals surface area contributed by atoms with E-state index in [0.29, 0.717) is 18.0 Å². The Morgan fingerprint density at radius 2 is 1.86 bits per heavy atom. The molecule has 2 aromatic rings. The maximum Gasteiger partial charge on any atom is 0.242 e. The zero-order valence-electron chi connectivity index (χ0n) is 12.5. The molecule has 1 unspecified atom stereocenters. The number of ether oxygens (including phenoxy) is 2. The molecule has 0 aliphatic carbocycles. The van der Waals surface area contributed by atoms with Gasteiger partial charge in [-0.15, -0.1) is 0 Å². The summed E-state index contributed by atoms with van der Waals surface area (Å²) in [5, 5.41) is 11.2. The second kappa shape index (κ2) is 6.54. The van der Waals surface area contributed by atoms with Gasteiger partial charge in [-0.2, -0.15) is 4.98 Å². The van der Waals surface area contributed by atoms with Crippen molar-refractivity contribution in [2.24, 2.45) is 0 Å². The summed E-state index contributed by atoms with van der Waals surface area (Å²) < 4.78 is 10.3. The number of methoxy groups -OCH3 is 2. The van der Waals surface area contributed by atoms with E-state index in [2.05, 4.69) is 9.97 Å². The third-order valence-electron chi connectivity index (χ3n) is 3.38. The minimum Gasteiger partial charge on any atom is -0.480 e. The summed E-state index contributed by atoms with van der Waals surface area (Å²) in [5.41, 5.74) is -0.0656. The van der Waals surface area contributed by atoms with Gasteiger partial charge in [0.2, 0.25) is 11.8 Å². The van der Waals surface area contributed by atoms with Gasteiger partial charge in [0.15, 0.2) is 0 Å². The zero-order valence-corrected chi connectivity index (χ0v) is 12.5. The number of aliphatic hydroxyl groups is 1. The highest BCUT2D eigenvalue weighted by Crippen LogP contribution is 2.37. The van der Waals surface area contributed by atoms with Gasteiger partial charge >= 0.3 is 0 Å². The molecule has 0 bridgehead atoms. The molecule has 21 heavy (non-hydrogen) atoms. The van der Waals surface area contributed by atoms with Crippen molar-refractivity contribution in [2.75, 3.05) is 14.2 Å². The number of hydrogen-bond acceptors (Lipinski definition) is 5. The first kappa shape index (κ1) is 15.3. The maximum absolute atomic E-state index is 11.2. The van der Waals surface area contributed by atoms with Crippen LogP contribution in [-0.2, 0) is 5.60 Å². The van der Waals surface area contributed by atoms with Crippen LogP contribution in [0.4, 0.5) is 0 Å². The minimum absolute atomic E-state index is 0.272. The van der Waals surface area contributed by atoms with E-state index in [0.717, 1.165) is 12.0 Å². The molecule has 1 N–H and O–H groups in total. The molecule has 1 atom stereocenters. The van der Waals surface area contributed by atoms with E-state index in [9.17, 15) is 5.11 Å². The van der Waals surface area contributed by atoms with Crippen molar-refractivity contribution in [3.05, 3.63) is 47.8 Å². The third-order valence-corrected chi connectivity index (χ3v) is 3.38. The molecule has 0 fully saturated rings. The highest BCUT2D eigenvalue weighted by molar-refractivity contribution is 5.38. The molecular weight excluding hydrogens is 268 g/mol. The van der Waals surface area contributed by atoms with E-state index >= 15 is 0 Å². The second-order valence-electron chi connectivity index (χ2n) is 4.75. The molecule has 0 spiro atoms. The molecule has 1 aromatic carbocycles. The summed E-state index contributed by atoms with van der Waals surface area (Å²) in [4.78, 5) is 8.54. The Kier molecular flexibility index (Phi) is 4.75. The van der Waals surface area contributed by atoms with E-state index in [-0.39, 0.29) is 5.88 Å². The van der Waals surface area contributed by atoms with E-state index in [4.69, 9.17) is 9.47 Å². The van der Waals surface area contributed by atoms with Crippen LogP contribution in [0.15, 0.2) is 36.5 Å². The largest absolute Gasteiger partial charge is 0.480 e. The fraction of sp³-hybridized carbons (Fsp3) is 0.375. The number of rotatable bonds is 6. The molecule has 5 nitrogen and oxygen atoms in total. The molecule has 112 valence electrons. The standard InChI is InChI=1S/C16H20N2O3/c1-4-10-16(19,12-8-6-5-7-9-12)14-15(21-3)18-13(20-2)11-17-14/h5-9,11,19H,4,10H2,1-3H3. The first-order chi connectivity index (χ1) is 10.2. The Bertz CT molecular complexity index is 589. The molecule has 0 aliphatic rings. The summed E-state index contributed by atoms with van der Waals surface area (Å²) in [6.07, 6.45) is 2.80. The number of aromatic nitrogens is 2. The topological polar surface area (TPSA) is 64.5 Å². The van der Waals surface area contributed by atoms with Crippen molar-refractivity contribution >= 4 is 0 Å². The summed E-state index contributed by atoms with van der Waals surface area (Å²) in [5.74, 6) is 0.622. The lowest BCUT2D eigenvalue weighted by molar-refractivity contribution is 0.0616. The Balaban J connectivity index is 2.57. The fourth-order valence-electron chi connectivity index (χ4n) is 2.36. The van der Waals surface area contributed by atoms with E-state index in [1.807, 2.05) is 37.3 Å². The number of benzene rings is 1. The van der Waals surface area contributed by atoms with Gasteiger partial charge in [-0.1, -0.05) is 43.7 Å². The lowest BCUT2D eigenvalue weighted by atomic mass is 9.86. The highest BCUT2D eigenvalue weighted by atomic mass is 16.5. The molecule has 0 amide bonds. The monoisotopic (exact) mass is 288 g/mol. The first-order valence-electron chi connectivity index (χ1n) is 6.89. The van der Waals surface area contributed by atoms with Crippen molar-refractivity contribution in [1.82, 2.24) is 9.97 Å². The van der Waals surface area contributed by atoms with Crippen LogP contribution >= 0.6 is 0 Å². The Labute approximate surface area is 124 Å². The van der Waals surface area contributed by atoms with Crippen molar-refractivity contribution < 1.29 is 14.6 Å².